The van der Waals surface area contributed by atoms with Crippen molar-refractivity contribution in [2.75, 3.05) is 5.32 Å². The van der Waals surface area contributed by atoms with Gasteiger partial charge in [-0.05, 0) is 19.1 Å². The molecule has 2 aromatic rings. The first-order valence-corrected chi connectivity index (χ1v) is 5.04. The predicted molar refractivity (Wildman–Crippen MR) is 60.8 cm³/mol. The van der Waals surface area contributed by atoms with Crippen LogP contribution in [0.25, 0.3) is 0 Å². The van der Waals surface area contributed by atoms with E-state index in [0.717, 1.165) is 17.7 Å². The topological polar surface area (TPSA) is 12.0 Å². The van der Waals surface area contributed by atoms with E-state index < -0.39 is 17.5 Å². The zero-order valence-corrected chi connectivity index (χ0v) is 9.10. The minimum absolute atomic E-state index is 0.172. The highest BCUT2D eigenvalue weighted by Crippen LogP contribution is 2.21. The molecule has 2 aromatic carbocycles. The van der Waals surface area contributed by atoms with Gasteiger partial charge < -0.3 is 5.32 Å². The third kappa shape index (κ3) is 2.58. The molecule has 0 amide bonds. The maximum Gasteiger partial charge on any atom is 0.194 e. The van der Waals surface area contributed by atoms with Gasteiger partial charge in [-0.2, -0.15) is 0 Å². The number of hydrogen-bond acceptors (Lipinski definition) is 1. The highest BCUT2D eigenvalue weighted by Gasteiger charge is 2.10. The van der Waals surface area contributed by atoms with Crippen LogP contribution in [-0.4, -0.2) is 0 Å². The molecule has 0 saturated carbocycles. The Morgan fingerprint density at radius 3 is 1.88 bits per heavy atom. The summed E-state index contributed by atoms with van der Waals surface area (Å²) < 4.78 is 38.6. The smallest absolute Gasteiger partial charge is 0.194 e. The molecule has 17 heavy (non-hydrogen) atoms. The molecule has 0 radical (unpaired) electrons. The molecule has 4 heteroatoms. The number of hydrogen-bond donors (Lipinski definition) is 1. The Kier molecular flexibility index (Phi) is 3.04. The SMILES string of the molecule is Cc1ccc(Nc2cc(F)c(F)c(F)c2)cc1. The average molecular weight is 237 g/mol. The van der Waals surface area contributed by atoms with Crippen molar-refractivity contribution in [3.8, 4) is 0 Å². The van der Waals surface area contributed by atoms with Gasteiger partial charge in [0, 0.05) is 23.5 Å². The van der Waals surface area contributed by atoms with Crippen molar-refractivity contribution in [2.45, 2.75) is 6.92 Å². The third-order valence-corrected chi connectivity index (χ3v) is 2.32. The van der Waals surface area contributed by atoms with Crippen LogP contribution >= 0.6 is 0 Å². The molecule has 88 valence electrons. The van der Waals surface area contributed by atoms with Crippen LogP contribution in [0.5, 0.6) is 0 Å². The second kappa shape index (κ2) is 4.49. The summed E-state index contributed by atoms with van der Waals surface area (Å²) in [5.41, 5.74) is 1.93. The first kappa shape index (κ1) is 11.5. The fraction of sp³-hybridized carbons (Fsp3) is 0.0769. The molecule has 0 aliphatic heterocycles. The van der Waals surface area contributed by atoms with Crippen molar-refractivity contribution in [3.63, 3.8) is 0 Å². The zero-order valence-electron chi connectivity index (χ0n) is 9.10. The molecule has 1 N–H and O–H groups in total. The van der Waals surface area contributed by atoms with Gasteiger partial charge in [-0.1, -0.05) is 17.7 Å². The second-order valence-corrected chi connectivity index (χ2v) is 3.74. The van der Waals surface area contributed by atoms with Gasteiger partial charge in [0.15, 0.2) is 17.5 Å². The Morgan fingerprint density at radius 2 is 1.35 bits per heavy atom. The van der Waals surface area contributed by atoms with E-state index in [0.29, 0.717) is 5.69 Å². The zero-order chi connectivity index (χ0) is 12.4. The molecular weight excluding hydrogens is 227 g/mol. The number of rotatable bonds is 2. The van der Waals surface area contributed by atoms with Crippen LogP contribution in [0.2, 0.25) is 0 Å². The number of anilines is 2. The molecule has 0 unspecified atom stereocenters. The average Bonchev–Trinajstić information content (AvgIpc) is 2.29. The van der Waals surface area contributed by atoms with Gasteiger partial charge in [0.1, 0.15) is 0 Å². The molecule has 0 spiro atoms. The van der Waals surface area contributed by atoms with Gasteiger partial charge in [0.05, 0.1) is 0 Å². The molecule has 0 heterocycles. The summed E-state index contributed by atoms with van der Waals surface area (Å²) in [5.74, 6) is -3.88. The van der Waals surface area contributed by atoms with E-state index in [4.69, 9.17) is 0 Å². The minimum atomic E-state index is -1.46. The minimum Gasteiger partial charge on any atom is -0.355 e. The summed E-state index contributed by atoms with van der Waals surface area (Å²) in [6.45, 7) is 1.93. The summed E-state index contributed by atoms with van der Waals surface area (Å²) in [6.07, 6.45) is 0. The lowest BCUT2D eigenvalue weighted by atomic mass is 10.2. The lowest BCUT2D eigenvalue weighted by Crippen LogP contribution is -1.96. The Bertz CT molecular complexity index is 512. The maximum absolute atomic E-state index is 13.0. The van der Waals surface area contributed by atoms with Crippen LogP contribution in [0.1, 0.15) is 5.56 Å². The molecule has 2 rings (SSSR count). The normalized spacial score (nSPS) is 10.4. The van der Waals surface area contributed by atoms with Crippen LogP contribution in [0.15, 0.2) is 36.4 Å². The van der Waals surface area contributed by atoms with E-state index in [1.54, 1.807) is 12.1 Å². The van der Waals surface area contributed by atoms with Gasteiger partial charge in [-0.3, -0.25) is 0 Å². The van der Waals surface area contributed by atoms with Crippen molar-refractivity contribution < 1.29 is 13.2 Å². The van der Waals surface area contributed by atoms with Crippen molar-refractivity contribution in [2.24, 2.45) is 0 Å². The summed E-state index contributed by atoms with van der Waals surface area (Å²) in [5, 5.41) is 2.79. The van der Waals surface area contributed by atoms with Crippen LogP contribution in [-0.2, 0) is 0 Å². The van der Waals surface area contributed by atoms with Crippen LogP contribution in [0.4, 0.5) is 24.5 Å². The highest BCUT2D eigenvalue weighted by molar-refractivity contribution is 5.59. The molecule has 0 atom stereocenters. The van der Waals surface area contributed by atoms with E-state index in [9.17, 15) is 13.2 Å². The standard InChI is InChI=1S/C13H10F3N/c1-8-2-4-9(5-3-8)17-10-6-11(14)13(16)12(15)7-10/h2-7,17H,1H3. The third-order valence-electron chi connectivity index (χ3n) is 2.32. The summed E-state index contributed by atoms with van der Waals surface area (Å²) in [6, 6.07) is 9.09. The Hall–Kier alpha value is -1.97. The number of halogens is 3. The first-order chi connectivity index (χ1) is 8.06. The largest absolute Gasteiger partial charge is 0.355 e. The van der Waals surface area contributed by atoms with Crippen molar-refractivity contribution in [1.82, 2.24) is 0 Å². The predicted octanol–water partition coefficient (Wildman–Crippen LogP) is 4.16. The van der Waals surface area contributed by atoms with Crippen molar-refractivity contribution in [3.05, 3.63) is 59.4 Å². The molecule has 0 aliphatic carbocycles. The van der Waals surface area contributed by atoms with E-state index in [1.807, 2.05) is 19.1 Å². The fourth-order valence-electron chi connectivity index (χ4n) is 1.43. The maximum atomic E-state index is 13.0. The quantitative estimate of drug-likeness (QED) is 0.773. The molecule has 0 bridgehead atoms. The molecule has 0 aliphatic rings. The first-order valence-electron chi connectivity index (χ1n) is 5.04. The summed E-state index contributed by atoms with van der Waals surface area (Å²) >= 11 is 0. The van der Waals surface area contributed by atoms with E-state index in [2.05, 4.69) is 5.32 Å². The Labute approximate surface area is 96.9 Å². The molecule has 1 nitrogen and oxygen atoms in total. The van der Waals surface area contributed by atoms with Gasteiger partial charge in [-0.15, -0.1) is 0 Å². The molecule has 0 fully saturated rings. The summed E-state index contributed by atoms with van der Waals surface area (Å²) in [7, 11) is 0. The van der Waals surface area contributed by atoms with Crippen LogP contribution in [0, 0.1) is 24.4 Å². The van der Waals surface area contributed by atoms with Crippen LogP contribution in [0.3, 0.4) is 0 Å². The highest BCUT2D eigenvalue weighted by atomic mass is 19.2. The lowest BCUT2D eigenvalue weighted by molar-refractivity contribution is 0.448. The van der Waals surface area contributed by atoms with Gasteiger partial charge >= 0.3 is 0 Å². The second-order valence-electron chi connectivity index (χ2n) is 3.74. The van der Waals surface area contributed by atoms with E-state index in [-0.39, 0.29) is 5.69 Å². The van der Waals surface area contributed by atoms with Gasteiger partial charge in [-0.25, -0.2) is 13.2 Å². The molecule has 0 aromatic heterocycles. The molecular formula is C13H10F3N. The number of benzene rings is 2. The lowest BCUT2D eigenvalue weighted by Gasteiger charge is -2.07. The monoisotopic (exact) mass is 237 g/mol. The number of nitrogens with one attached hydrogen (secondary N) is 1. The van der Waals surface area contributed by atoms with Gasteiger partial charge in [0.2, 0.25) is 0 Å². The Balaban J connectivity index is 2.27. The fourth-order valence-corrected chi connectivity index (χ4v) is 1.43. The Morgan fingerprint density at radius 1 is 0.824 bits per heavy atom. The number of aryl methyl sites for hydroxylation is 1. The van der Waals surface area contributed by atoms with E-state index in [1.165, 1.54) is 0 Å². The van der Waals surface area contributed by atoms with Crippen molar-refractivity contribution in [1.29, 1.82) is 0 Å². The van der Waals surface area contributed by atoms with Gasteiger partial charge in [0.25, 0.3) is 0 Å². The summed E-state index contributed by atoms with van der Waals surface area (Å²) in [4.78, 5) is 0. The molecule has 0 saturated heterocycles. The van der Waals surface area contributed by atoms with Crippen molar-refractivity contribution >= 4 is 11.4 Å². The van der Waals surface area contributed by atoms with Crippen LogP contribution < -0.4 is 5.32 Å². The van der Waals surface area contributed by atoms with E-state index >= 15 is 0 Å².